The summed E-state index contributed by atoms with van der Waals surface area (Å²) in [5, 5.41) is 9.98. The summed E-state index contributed by atoms with van der Waals surface area (Å²) in [6.07, 6.45) is 9.03. The van der Waals surface area contributed by atoms with Crippen LogP contribution in [0.15, 0.2) is 18.2 Å². The number of rotatable bonds is 6. The highest BCUT2D eigenvalue weighted by Gasteiger charge is 2.12. The minimum Gasteiger partial charge on any atom is -0.393 e. The van der Waals surface area contributed by atoms with E-state index in [4.69, 9.17) is 0 Å². The fraction of sp³-hybridized carbons (Fsp3) is 0.625. The molecule has 2 rings (SSSR count). The van der Waals surface area contributed by atoms with Crippen molar-refractivity contribution < 1.29 is 5.11 Å². The smallest absolute Gasteiger partial charge is 0.0580 e. The minimum atomic E-state index is -0.152. The van der Waals surface area contributed by atoms with Gasteiger partial charge in [0.15, 0.2) is 0 Å². The normalized spacial score (nSPS) is 15.9. The molecule has 1 aromatic carbocycles. The van der Waals surface area contributed by atoms with E-state index in [9.17, 15) is 5.11 Å². The first-order valence-electron chi connectivity index (χ1n) is 7.08. The van der Waals surface area contributed by atoms with Crippen LogP contribution < -0.4 is 0 Å². The average Bonchev–Trinajstić information content (AvgIpc) is 2.76. The highest BCUT2D eigenvalue weighted by molar-refractivity contribution is 5.35. The van der Waals surface area contributed by atoms with Gasteiger partial charge in [-0.25, -0.2) is 0 Å². The molecule has 17 heavy (non-hydrogen) atoms. The Morgan fingerprint density at radius 2 is 2.00 bits per heavy atom. The van der Waals surface area contributed by atoms with Gasteiger partial charge in [0.2, 0.25) is 0 Å². The van der Waals surface area contributed by atoms with E-state index in [0.29, 0.717) is 0 Å². The summed E-state index contributed by atoms with van der Waals surface area (Å²) in [4.78, 5) is 0. The van der Waals surface area contributed by atoms with Crippen molar-refractivity contribution >= 4 is 0 Å². The summed E-state index contributed by atoms with van der Waals surface area (Å²) in [5.74, 6) is 0. The van der Waals surface area contributed by atoms with Crippen molar-refractivity contribution in [1.82, 2.24) is 0 Å². The maximum Gasteiger partial charge on any atom is 0.0580 e. The van der Waals surface area contributed by atoms with Crippen molar-refractivity contribution in [1.29, 1.82) is 0 Å². The quantitative estimate of drug-likeness (QED) is 0.742. The first kappa shape index (κ1) is 12.6. The highest BCUT2D eigenvalue weighted by atomic mass is 16.3. The average molecular weight is 232 g/mol. The lowest BCUT2D eigenvalue weighted by molar-refractivity contribution is 0.161. The fourth-order valence-corrected chi connectivity index (χ4v) is 2.76. The molecule has 1 nitrogen and oxygen atoms in total. The Balaban J connectivity index is 1.86. The number of hydrogen-bond donors (Lipinski definition) is 1. The number of aryl methyl sites for hydroxylation is 2. The third-order valence-electron chi connectivity index (χ3n) is 3.78. The Morgan fingerprint density at radius 1 is 1.18 bits per heavy atom. The summed E-state index contributed by atoms with van der Waals surface area (Å²) in [6.45, 7) is 2.20. The van der Waals surface area contributed by atoms with Crippen LogP contribution in [-0.2, 0) is 19.3 Å². The molecule has 94 valence electrons. The van der Waals surface area contributed by atoms with Crippen LogP contribution in [0.25, 0.3) is 0 Å². The zero-order valence-electron chi connectivity index (χ0n) is 10.9. The third-order valence-corrected chi connectivity index (χ3v) is 3.78. The van der Waals surface area contributed by atoms with Crippen LogP contribution in [0.1, 0.15) is 55.7 Å². The zero-order chi connectivity index (χ0) is 12.1. The van der Waals surface area contributed by atoms with Gasteiger partial charge < -0.3 is 5.11 Å². The van der Waals surface area contributed by atoms with Crippen LogP contribution in [0.3, 0.4) is 0 Å². The molecule has 1 unspecified atom stereocenters. The van der Waals surface area contributed by atoms with Crippen molar-refractivity contribution in [2.75, 3.05) is 0 Å². The summed E-state index contributed by atoms with van der Waals surface area (Å²) >= 11 is 0. The molecule has 0 radical (unpaired) electrons. The summed E-state index contributed by atoms with van der Waals surface area (Å²) < 4.78 is 0. The van der Waals surface area contributed by atoms with Crippen molar-refractivity contribution in [3.63, 3.8) is 0 Å². The van der Waals surface area contributed by atoms with E-state index in [-0.39, 0.29) is 6.10 Å². The Hall–Kier alpha value is -0.820. The Morgan fingerprint density at radius 3 is 2.82 bits per heavy atom. The zero-order valence-corrected chi connectivity index (χ0v) is 10.9. The number of aliphatic hydroxyl groups is 1. The number of benzene rings is 1. The van der Waals surface area contributed by atoms with E-state index >= 15 is 0 Å². The maximum absolute atomic E-state index is 9.98. The van der Waals surface area contributed by atoms with Crippen LogP contribution in [0.2, 0.25) is 0 Å². The predicted molar refractivity (Wildman–Crippen MR) is 72.3 cm³/mol. The lowest BCUT2D eigenvalue weighted by Gasteiger charge is -2.11. The van der Waals surface area contributed by atoms with Gasteiger partial charge in [0.05, 0.1) is 6.10 Å². The standard InChI is InChI=1S/C16H24O/c1-2-3-4-8-16(17)12-13-9-10-14-6-5-7-15(14)11-13/h9-11,16-17H,2-8,12H2,1H3. The molecule has 0 heterocycles. The van der Waals surface area contributed by atoms with Crippen molar-refractivity contribution in [3.8, 4) is 0 Å². The van der Waals surface area contributed by atoms with Gasteiger partial charge in [0.1, 0.15) is 0 Å². The van der Waals surface area contributed by atoms with Crippen LogP contribution in [0.4, 0.5) is 0 Å². The number of aliphatic hydroxyl groups excluding tert-OH is 1. The Kier molecular flexibility index (Phi) is 4.61. The Labute approximate surface area is 105 Å². The first-order chi connectivity index (χ1) is 8.29. The van der Waals surface area contributed by atoms with Crippen LogP contribution >= 0.6 is 0 Å². The van der Waals surface area contributed by atoms with E-state index in [1.807, 2.05) is 0 Å². The molecule has 0 saturated carbocycles. The van der Waals surface area contributed by atoms with Gasteiger partial charge in [-0.05, 0) is 48.8 Å². The lowest BCUT2D eigenvalue weighted by atomic mass is 9.99. The van der Waals surface area contributed by atoms with Gasteiger partial charge in [-0.1, -0.05) is 44.4 Å². The molecule has 0 amide bonds. The molecule has 0 fully saturated rings. The molecule has 1 heteroatoms. The summed E-state index contributed by atoms with van der Waals surface area (Å²) in [5.41, 5.74) is 4.35. The van der Waals surface area contributed by atoms with Gasteiger partial charge in [-0.15, -0.1) is 0 Å². The van der Waals surface area contributed by atoms with E-state index in [2.05, 4.69) is 25.1 Å². The summed E-state index contributed by atoms with van der Waals surface area (Å²) in [7, 11) is 0. The van der Waals surface area contributed by atoms with Gasteiger partial charge in [0, 0.05) is 0 Å². The van der Waals surface area contributed by atoms with Crippen LogP contribution in [-0.4, -0.2) is 11.2 Å². The largest absolute Gasteiger partial charge is 0.393 e. The monoisotopic (exact) mass is 232 g/mol. The van der Waals surface area contributed by atoms with Crippen LogP contribution in [0.5, 0.6) is 0 Å². The van der Waals surface area contributed by atoms with Gasteiger partial charge in [-0.3, -0.25) is 0 Å². The van der Waals surface area contributed by atoms with E-state index in [0.717, 1.165) is 19.3 Å². The number of unbranched alkanes of at least 4 members (excludes halogenated alkanes) is 2. The highest BCUT2D eigenvalue weighted by Crippen LogP contribution is 2.23. The second-order valence-electron chi connectivity index (χ2n) is 5.31. The predicted octanol–water partition coefficient (Wildman–Crippen LogP) is 3.66. The first-order valence-corrected chi connectivity index (χ1v) is 7.08. The number of fused-ring (bicyclic) bond motifs is 1. The van der Waals surface area contributed by atoms with E-state index < -0.39 is 0 Å². The summed E-state index contributed by atoms with van der Waals surface area (Å²) in [6, 6.07) is 6.77. The minimum absolute atomic E-state index is 0.152. The van der Waals surface area contributed by atoms with Gasteiger partial charge in [0.25, 0.3) is 0 Å². The fourth-order valence-electron chi connectivity index (χ4n) is 2.76. The molecule has 0 aliphatic heterocycles. The molecule has 0 aromatic heterocycles. The Bertz CT molecular complexity index is 357. The van der Waals surface area contributed by atoms with Crippen molar-refractivity contribution in [2.24, 2.45) is 0 Å². The molecule has 0 spiro atoms. The molecular weight excluding hydrogens is 208 g/mol. The maximum atomic E-state index is 9.98. The topological polar surface area (TPSA) is 20.2 Å². The molecule has 1 aliphatic rings. The molecule has 1 atom stereocenters. The van der Waals surface area contributed by atoms with Gasteiger partial charge >= 0.3 is 0 Å². The molecule has 0 saturated heterocycles. The lowest BCUT2D eigenvalue weighted by Crippen LogP contribution is -2.10. The van der Waals surface area contributed by atoms with Crippen LogP contribution in [0, 0.1) is 0 Å². The molecule has 1 aromatic rings. The van der Waals surface area contributed by atoms with Gasteiger partial charge in [-0.2, -0.15) is 0 Å². The third kappa shape index (κ3) is 3.57. The van der Waals surface area contributed by atoms with Crippen molar-refractivity contribution in [3.05, 3.63) is 34.9 Å². The molecule has 0 bridgehead atoms. The van der Waals surface area contributed by atoms with E-state index in [1.165, 1.54) is 48.8 Å². The second kappa shape index (κ2) is 6.20. The van der Waals surface area contributed by atoms with E-state index in [1.54, 1.807) is 0 Å². The molecular formula is C16H24O. The SMILES string of the molecule is CCCCCC(O)Cc1ccc2c(c1)CCC2. The number of hydrogen-bond acceptors (Lipinski definition) is 1. The second-order valence-corrected chi connectivity index (χ2v) is 5.31. The molecule has 1 N–H and O–H groups in total. The molecule has 1 aliphatic carbocycles. The van der Waals surface area contributed by atoms with Crippen molar-refractivity contribution in [2.45, 2.75) is 64.4 Å².